The molecule has 7 heteroatoms. The van der Waals surface area contributed by atoms with Gasteiger partial charge in [-0.25, -0.2) is 9.67 Å². The van der Waals surface area contributed by atoms with Crippen molar-refractivity contribution in [3.8, 4) is 5.69 Å². The zero-order valence-corrected chi connectivity index (χ0v) is 14.0. The number of fused-ring (bicyclic) bond motifs is 1. The Morgan fingerprint density at radius 2 is 1.52 bits per heavy atom. The molecule has 0 N–H and O–H groups in total. The maximum absolute atomic E-state index is 12.3. The lowest BCUT2D eigenvalue weighted by Gasteiger charge is -2.12. The van der Waals surface area contributed by atoms with Crippen molar-refractivity contribution in [1.82, 2.24) is 19.7 Å². The first kappa shape index (κ1) is 15.6. The number of hydrogen-bond acceptors (Lipinski definition) is 5. The van der Waals surface area contributed by atoms with Crippen molar-refractivity contribution in [1.29, 1.82) is 0 Å². The van der Waals surface area contributed by atoms with Crippen molar-refractivity contribution in [2.24, 2.45) is 0 Å². The van der Waals surface area contributed by atoms with Crippen LogP contribution in [-0.2, 0) is 0 Å². The van der Waals surface area contributed by atoms with Crippen LogP contribution in [0, 0.1) is 0 Å². The smallest absolute Gasteiger partial charge is 0.261 e. The molecule has 1 aromatic heterocycles. The molecule has 124 valence electrons. The van der Waals surface area contributed by atoms with E-state index in [0.29, 0.717) is 28.6 Å². The fourth-order valence-electron chi connectivity index (χ4n) is 2.69. The van der Waals surface area contributed by atoms with Crippen molar-refractivity contribution in [3.05, 3.63) is 72.1 Å². The van der Waals surface area contributed by atoms with Crippen LogP contribution in [0.2, 0.25) is 0 Å². The van der Waals surface area contributed by atoms with Crippen molar-refractivity contribution in [2.75, 3.05) is 12.3 Å². The minimum atomic E-state index is -0.232. The zero-order valence-electron chi connectivity index (χ0n) is 13.2. The third kappa shape index (κ3) is 2.94. The quantitative estimate of drug-likeness (QED) is 0.523. The van der Waals surface area contributed by atoms with Crippen molar-refractivity contribution >= 4 is 23.6 Å². The van der Waals surface area contributed by atoms with Gasteiger partial charge < -0.3 is 0 Å². The van der Waals surface area contributed by atoms with Gasteiger partial charge in [0.25, 0.3) is 11.8 Å². The average molecular weight is 350 g/mol. The second-order valence-corrected chi connectivity index (χ2v) is 6.53. The average Bonchev–Trinajstić information content (AvgIpc) is 3.22. The first-order chi connectivity index (χ1) is 12.2. The first-order valence-electron chi connectivity index (χ1n) is 7.79. The molecular weight excluding hydrogens is 336 g/mol. The molecular formula is C18H14N4O2S. The summed E-state index contributed by atoms with van der Waals surface area (Å²) in [6, 6.07) is 16.6. The summed E-state index contributed by atoms with van der Waals surface area (Å²) in [5.41, 5.74) is 1.88. The van der Waals surface area contributed by atoms with E-state index >= 15 is 0 Å². The Kier molecular flexibility index (Phi) is 4.07. The summed E-state index contributed by atoms with van der Waals surface area (Å²) < 4.78 is 1.70. The van der Waals surface area contributed by atoms with Gasteiger partial charge in [-0.3, -0.25) is 14.5 Å². The van der Waals surface area contributed by atoms with Crippen LogP contribution in [0.4, 0.5) is 0 Å². The predicted octanol–water partition coefficient (Wildman–Crippen LogP) is 2.66. The molecule has 0 aliphatic carbocycles. The number of carbonyl (C=O) groups excluding carboxylic acids is 2. The van der Waals surface area contributed by atoms with Crippen molar-refractivity contribution in [2.45, 2.75) is 5.16 Å². The topological polar surface area (TPSA) is 68.1 Å². The molecule has 0 spiro atoms. The molecule has 3 aromatic rings. The number of imide groups is 1. The first-order valence-corrected chi connectivity index (χ1v) is 8.78. The van der Waals surface area contributed by atoms with Gasteiger partial charge in [0.05, 0.1) is 16.8 Å². The number of nitrogens with zero attached hydrogens (tertiary/aromatic N) is 4. The molecule has 0 bridgehead atoms. The number of thioether (sulfide) groups is 1. The number of rotatable bonds is 5. The number of hydrogen-bond donors (Lipinski definition) is 0. The maximum atomic E-state index is 12.3. The molecule has 0 fully saturated rings. The summed E-state index contributed by atoms with van der Waals surface area (Å²) in [5, 5.41) is 5.01. The molecule has 0 unspecified atom stereocenters. The highest BCUT2D eigenvalue weighted by Crippen LogP contribution is 2.23. The largest absolute Gasteiger partial charge is 0.273 e. The molecule has 1 aliphatic rings. The lowest BCUT2D eigenvalue weighted by molar-refractivity contribution is 0.0664. The summed E-state index contributed by atoms with van der Waals surface area (Å²) in [6.07, 6.45) is 1.65. The monoisotopic (exact) mass is 350 g/mol. The summed E-state index contributed by atoms with van der Waals surface area (Å²) >= 11 is 1.42. The molecule has 2 heterocycles. The second-order valence-electron chi connectivity index (χ2n) is 5.46. The van der Waals surface area contributed by atoms with Gasteiger partial charge >= 0.3 is 0 Å². The van der Waals surface area contributed by atoms with Crippen LogP contribution in [-0.4, -0.2) is 43.8 Å². The Morgan fingerprint density at radius 1 is 0.880 bits per heavy atom. The molecule has 0 saturated heterocycles. The van der Waals surface area contributed by atoms with Crippen molar-refractivity contribution in [3.63, 3.8) is 0 Å². The van der Waals surface area contributed by atoms with Crippen LogP contribution >= 0.6 is 11.8 Å². The third-order valence-corrected chi connectivity index (χ3v) is 4.75. The van der Waals surface area contributed by atoms with E-state index in [0.717, 1.165) is 5.69 Å². The van der Waals surface area contributed by atoms with E-state index in [4.69, 9.17) is 0 Å². The zero-order chi connectivity index (χ0) is 17.2. The Bertz CT molecular complexity index is 904. The number of carbonyl (C=O) groups is 2. The molecule has 0 radical (unpaired) electrons. The van der Waals surface area contributed by atoms with Gasteiger partial charge in [-0.1, -0.05) is 42.1 Å². The molecule has 6 nitrogen and oxygen atoms in total. The fraction of sp³-hybridized carbons (Fsp3) is 0.111. The van der Waals surface area contributed by atoms with Crippen LogP contribution in [0.1, 0.15) is 20.7 Å². The molecule has 25 heavy (non-hydrogen) atoms. The highest BCUT2D eigenvalue weighted by Gasteiger charge is 2.34. The van der Waals surface area contributed by atoms with Crippen LogP contribution in [0.15, 0.2) is 66.1 Å². The van der Waals surface area contributed by atoms with E-state index in [-0.39, 0.29) is 11.8 Å². The van der Waals surface area contributed by atoms with Gasteiger partial charge in [0.2, 0.25) is 5.16 Å². The van der Waals surface area contributed by atoms with Crippen LogP contribution in [0.5, 0.6) is 0 Å². The Balaban J connectivity index is 1.39. The van der Waals surface area contributed by atoms with Gasteiger partial charge in [-0.15, -0.1) is 5.10 Å². The molecule has 0 atom stereocenters. The second kappa shape index (κ2) is 6.52. The van der Waals surface area contributed by atoms with E-state index in [1.807, 2.05) is 30.3 Å². The molecule has 2 amide bonds. The van der Waals surface area contributed by atoms with E-state index in [1.165, 1.54) is 16.7 Å². The highest BCUT2D eigenvalue weighted by molar-refractivity contribution is 7.99. The highest BCUT2D eigenvalue weighted by atomic mass is 32.2. The SMILES string of the molecule is O=C1c2ccccc2C(=O)N1CCSc1ncn(-c2ccccc2)n1. The van der Waals surface area contributed by atoms with Gasteiger partial charge in [0, 0.05) is 12.3 Å². The van der Waals surface area contributed by atoms with Crippen molar-refractivity contribution < 1.29 is 9.59 Å². The minimum absolute atomic E-state index is 0.232. The molecule has 1 aliphatic heterocycles. The lowest BCUT2D eigenvalue weighted by Crippen LogP contribution is -2.31. The third-order valence-electron chi connectivity index (χ3n) is 3.92. The van der Waals surface area contributed by atoms with E-state index in [2.05, 4.69) is 10.1 Å². The van der Waals surface area contributed by atoms with E-state index < -0.39 is 0 Å². The van der Waals surface area contributed by atoms with Gasteiger partial charge in [-0.05, 0) is 24.3 Å². The number of aromatic nitrogens is 3. The van der Waals surface area contributed by atoms with Gasteiger partial charge in [-0.2, -0.15) is 0 Å². The number of para-hydroxylation sites is 1. The lowest BCUT2D eigenvalue weighted by atomic mass is 10.1. The minimum Gasteiger partial charge on any atom is -0.273 e. The number of benzene rings is 2. The molecule has 2 aromatic carbocycles. The van der Waals surface area contributed by atoms with Gasteiger partial charge in [0.1, 0.15) is 6.33 Å². The Labute approximate surface area is 148 Å². The van der Waals surface area contributed by atoms with E-state index in [1.54, 1.807) is 35.3 Å². The maximum Gasteiger partial charge on any atom is 0.261 e. The summed E-state index contributed by atoms with van der Waals surface area (Å²) in [4.78, 5) is 30.1. The normalized spacial score (nSPS) is 13.4. The van der Waals surface area contributed by atoms with Crippen LogP contribution in [0.3, 0.4) is 0 Å². The van der Waals surface area contributed by atoms with E-state index in [9.17, 15) is 9.59 Å². The van der Waals surface area contributed by atoms with Gasteiger partial charge in [0.15, 0.2) is 0 Å². The molecule has 4 rings (SSSR count). The Hall–Kier alpha value is -2.93. The summed E-state index contributed by atoms with van der Waals surface area (Å²) in [7, 11) is 0. The standard InChI is InChI=1S/C18H14N4O2S/c23-16-14-8-4-5-9-15(14)17(24)21(16)10-11-25-18-19-12-22(20-18)13-6-2-1-3-7-13/h1-9,12H,10-11H2. The predicted molar refractivity (Wildman–Crippen MR) is 93.9 cm³/mol. The fourth-order valence-corrected chi connectivity index (χ4v) is 3.41. The van der Waals surface area contributed by atoms with Crippen LogP contribution < -0.4 is 0 Å². The number of amides is 2. The Morgan fingerprint density at radius 3 is 2.20 bits per heavy atom. The molecule has 0 saturated carbocycles. The summed E-state index contributed by atoms with van der Waals surface area (Å²) in [6.45, 7) is 0.330. The van der Waals surface area contributed by atoms with Crippen LogP contribution in [0.25, 0.3) is 5.69 Å². The summed E-state index contributed by atoms with van der Waals surface area (Å²) in [5.74, 6) is 0.0810.